The lowest BCUT2D eigenvalue weighted by Crippen LogP contribution is -2.37. The predicted molar refractivity (Wildman–Crippen MR) is 74.4 cm³/mol. The molecule has 96 valence electrons. The highest BCUT2D eigenvalue weighted by Crippen LogP contribution is 2.29. The molecule has 3 aromatic rings. The number of rotatable bonds is 1. The monoisotopic (exact) mass is 254 g/mol. The molecule has 3 heterocycles. The van der Waals surface area contributed by atoms with Crippen molar-refractivity contribution in [1.29, 1.82) is 0 Å². The second-order valence-corrected chi connectivity index (χ2v) is 4.73. The predicted octanol–water partition coefficient (Wildman–Crippen LogP) is 1.95. The third kappa shape index (κ3) is 1.66. The zero-order valence-corrected chi connectivity index (χ0v) is 10.5. The van der Waals surface area contributed by atoms with Gasteiger partial charge in [-0.2, -0.15) is 5.10 Å². The second kappa shape index (κ2) is 4.20. The van der Waals surface area contributed by atoms with E-state index in [0.717, 1.165) is 48.5 Å². The lowest BCUT2D eigenvalue weighted by atomic mass is 10.2. The maximum Gasteiger partial charge on any atom is 0.175 e. The SMILES string of the molecule is c1ccc2c(c1)[nH]c1c(N3CCOCC3)nncc12. The number of aromatic amines is 1. The lowest BCUT2D eigenvalue weighted by Gasteiger charge is -2.27. The van der Waals surface area contributed by atoms with Crippen molar-refractivity contribution in [1.82, 2.24) is 15.2 Å². The number of para-hydroxylation sites is 1. The summed E-state index contributed by atoms with van der Waals surface area (Å²) in [7, 11) is 0. The van der Waals surface area contributed by atoms with Gasteiger partial charge >= 0.3 is 0 Å². The number of benzene rings is 1. The quantitative estimate of drug-likeness (QED) is 0.721. The third-order valence-corrected chi connectivity index (χ3v) is 3.62. The van der Waals surface area contributed by atoms with Crippen molar-refractivity contribution in [2.75, 3.05) is 31.2 Å². The molecule has 0 aliphatic carbocycles. The summed E-state index contributed by atoms with van der Waals surface area (Å²) in [5.41, 5.74) is 2.19. The van der Waals surface area contributed by atoms with Crippen LogP contribution in [-0.2, 0) is 4.74 Å². The fraction of sp³-hybridized carbons (Fsp3) is 0.286. The molecule has 5 nitrogen and oxygen atoms in total. The van der Waals surface area contributed by atoms with E-state index in [2.05, 4.69) is 32.2 Å². The van der Waals surface area contributed by atoms with Gasteiger partial charge in [0, 0.05) is 29.4 Å². The molecule has 1 aliphatic rings. The molecule has 1 aromatic carbocycles. The number of anilines is 1. The molecule has 0 unspecified atom stereocenters. The third-order valence-electron chi connectivity index (χ3n) is 3.62. The normalized spacial score (nSPS) is 16.3. The Labute approximate surface area is 110 Å². The van der Waals surface area contributed by atoms with Gasteiger partial charge < -0.3 is 14.6 Å². The maximum atomic E-state index is 5.39. The molecule has 5 heteroatoms. The number of aromatic nitrogens is 3. The minimum absolute atomic E-state index is 0.748. The Morgan fingerprint density at radius 2 is 1.95 bits per heavy atom. The second-order valence-electron chi connectivity index (χ2n) is 4.73. The number of H-pyrrole nitrogens is 1. The zero-order valence-electron chi connectivity index (χ0n) is 10.5. The first-order chi connectivity index (χ1) is 9.43. The summed E-state index contributed by atoms with van der Waals surface area (Å²) < 4.78 is 5.39. The standard InChI is InChI=1S/C14H14N4O/c1-2-4-12-10(3-1)11-9-15-17-14(13(11)16-12)18-5-7-19-8-6-18/h1-4,9,16H,5-8H2. The van der Waals surface area contributed by atoms with Gasteiger partial charge in [-0.1, -0.05) is 18.2 Å². The minimum atomic E-state index is 0.748. The molecule has 1 N–H and O–H groups in total. The Bertz CT molecular complexity index is 730. The van der Waals surface area contributed by atoms with Crippen LogP contribution in [0, 0.1) is 0 Å². The van der Waals surface area contributed by atoms with Gasteiger partial charge in [0.2, 0.25) is 0 Å². The highest BCUT2D eigenvalue weighted by atomic mass is 16.5. The summed E-state index contributed by atoms with van der Waals surface area (Å²) in [6.45, 7) is 3.23. The first-order valence-electron chi connectivity index (χ1n) is 6.48. The highest BCUT2D eigenvalue weighted by molar-refractivity contribution is 6.09. The molecule has 1 fully saturated rings. The number of hydrogen-bond donors (Lipinski definition) is 1. The Kier molecular flexibility index (Phi) is 2.38. The van der Waals surface area contributed by atoms with Crippen LogP contribution in [0.4, 0.5) is 5.82 Å². The van der Waals surface area contributed by atoms with E-state index in [9.17, 15) is 0 Å². The first kappa shape index (κ1) is 10.8. The fourth-order valence-electron chi connectivity index (χ4n) is 2.66. The van der Waals surface area contributed by atoms with Gasteiger partial charge in [-0.3, -0.25) is 0 Å². The van der Waals surface area contributed by atoms with E-state index in [1.165, 1.54) is 5.39 Å². The van der Waals surface area contributed by atoms with E-state index in [1.807, 2.05) is 18.3 Å². The molecule has 0 spiro atoms. The van der Waals surface area contributed by atoms with Gasteiger partial charge in [0.05, 0.1) is 24.9 Å². The molecule has 0 bridgehead atoms. The van der Waals surface area contributed by atoms with Crippen LogP contribution in [0.15, 0.2) is 30.5 Å². The van der Waals surface area contributed by atoms with Crippen LogP contribution in [0.2, 0.25) is 0 Å². The Morgan fingerprint density at radius 3 is 2.84 bits per heavy atom. The van der Waals surface area contributed by atoms with Crippen LogP contribution in [0.3, 0.4) is 0 Å². The Balaban J connectivity index is 1.95. The summed E-state index contributed by atoms with van der Waals surface area (Å²) in [5.74, 6) is 0.928. The summed E-state index contributed by atoms with van der Waals surface area (Å²) in [6.07, 6.45) is 1.83. The van der Waals surface area contributed by atoms with Gasteiger partial charge in [0.15, 0.2) is 5.82 Å². The van der Waals surface area contributed by atoms with Crippen molar-refractivity contribution < 1.29 is 4.74 Å². The van der Waals surface area contributed by atoms with Crippen molar-refractivity contribution in [3.8, 4) is 0 Å². The topological polar surface area (TPSA) is 54.0 Å². The van der Waals surface area contributed by atoms with Gasteiger partial charge in [-0.05, 0) is 6.07 Å². The van der Waals surface area contributed by atoms with Gasteiger partial charge in [-0.25, -0.2) is 0 Å². The van der Waals surface area contributed by atoms with Crippen molar-refractivity contribution in [3.05, 3.63) is 30.5 Å². The molecule has 4 rings (SSSR count). The van der Waals surface area contributed by atoms with E-state index in [-0.39, 0.29) is 0 Å². The molecule has 0 amide bonds. The summed E-state index contributed by atoms with van der Waals surface area (Å²) in [5, 5.41) is 10.8. The van der Waals surface area contributed by atoms with Crippen LogP contribution in [0.1, 0.15) is 0 Å². The smallest absolute Gasteiger partial charge is 0.175 e. The van der Waals surface area contributed by atoms with Gasteiger partial charge in [0.25, 0.3) is 0 Å². The molecule has 0 radical (unpaired) electrons. The highest BCUT2D eigenvalue weighted by Gasteiger charge is 2.17. The van der Waals surface area contributed by atoms with E-state index in [0.29, 0.717) is 0 Å². The zero-order chi connectivity index (χ0) is 12.7. The van der Waals surface area contributed by atoms with Crippen molar-refractivity contribution in [3.63, 3.8) is 0 Å². The molecule has 1 aliphatic heterocycles. The number of morpholine rings is 1. The number of nitrogens with one attached hydrogen (secondary N) is 1. The maximum absolute atomic E-state index is 5.39. The molecular formula is C14H14N4O. The summed E-state index contributed by atoms with van der Waals surface area (Å²) in [6, 6.07) is 8.27. The molecule has 0 atom stereocenters. The first-order valence-corrected chi connectivity index (χ1v) is 6.48. The average Bonchev–Trinajstić information content (AvgIpc) is 2.87. The van der Waals surface area contributed by atoms with Crippen molar-refractivity contribution >= 4 is 27.6 Å². The van der Waals surface area contributed by atoms with E-state index in [1.54, 1.807) is 0 Å². The number of ether oxygens (including phenoxy) is 1. The number of nitrogens with zero attached hydrogens (tertiary/aromatic N) is 3. The molecular weight excluding hydrogens is 240 g/mol. The number of fused-ring (bicyclic) bond motifs is 3. The van der Waals surface area contributed by atoms with Crippen molar-refractivity contribution in [2.24, 2.45) is 0 Å². The van der Waals surface area contributed by atoms with E-state index < -0.39 is 0 Å². The fourth-order valence-corrected chi connectivity index (χ4v) is 2.66. The van der Waals surface area contributed by atoms with Crippen LogP contribution < -0.4 is 4.90 Å². The molecule has 19 heavy (non-hydrogen) atoms. The summed E-state index contributed by atoms with van der Waals surface area (Å²) >= 11 is 0. The minimum Gasteiger partial charge on any atom is -0.378 e. The lowest BCUT2D eigenvalue weighted by molar-refractivity contribution is 0.122. The van der Waals surface area contributed by atoms with Crippen LogP contribution in [-0.4, -0.2) is 41.5 Å². The number of hydrogen-bond acceptors (Lipinski definition) is 4. The Morgan fingerprint density at radius 1 is 1.11 bits per heavy atom. The van der Waals surface area contributed by atoms with Crippen LogP contribution in [0.5, 0.6) is 0 Å². The Hall–Kier alpha value is -2.14. The molecule has 0 saturated carbocycles. The summed E-state index contributed by atoms with van der Waals surface area (Å²) in [4.78, 5) is 5.69. The van der Waals surface area contributed by atoms with E-state index >= 15 is 0 Å². The van der Waals surface area contributed by atoms with Gasteiger partial charge in [-0.15, -0.1) is 5.10 Å². The van der Waals surface area contributed by atoms with E-state index in [4.69, 9.17) is 4.74 Å². The van der Waals surface area contributed by atoms with Crippen LogP contribution >= 0.6 is 0 Å². The van der Waals surface area contributed by atoms with Crippen LogP contribution in [0.25, 0.3) is 21.8 Å². The van der Waals surface area contributed by atoms with Gasteiger partial charge in [0.1, 0.15) is 0 Å². The largest absolute Gasteiger partial charge is 0.378 e. The van der Waals surface area contributed by atoms with Crippen molar-refractivity contribution in [2.45, 2.75) is 0 Å². The molecule has 1 saturated heterocycles. The molecule has 2 aromatic heterocycles. The average molecular weight is 254 g/mol.